The fraction of sp³-hybridized carbons (Fsp3) is 0.549. The van der Waals surface area contributed by atoms with Gasteiger partial charge in [0.05, 0.1) is 40.6 Å². The topological polar surface area (TPSA) is 159 Å². The van der Waals surface area contributed by atoms with E-state index in [4.69, 9.17) is 19.4 Å². The molecule has 354 valence electrons. The molecule has 7 aliphatic carbocycles. The van der Waals surface area contributed by atoms with Crippen LogP contribution >= 0.6 is 0 Å². The molecular weight excluding hydrogens is 870 g/mol. The Kier molecular flexibility index (Phi) is 8.18. The molecule has 0 radical (unpaired) electrons. The first-order valence-corrected chi connectivity index (χ1v) is 24.6. The summed E-state index contributed by atoms with van der Waals surface area (Å²) in [4.78, 5) is 65.6. The summed E-state index contributed by atoms with van der Waals surface area (Å²) < 4.78 is 33.9. The molecule has 6 heterocycles. The number of amides is 3. The second-order valence-corrected chi connectivity index (χ2v) is 21.6. The number of halogens is 1. The van der Waals surface area contributed by atoms with E-state index in [1.807, 2.05) is 34.9 Å². The Hall–Kier alpha value is -5.78. The van der Waals surface area contributed by atoms with Gasteiger partial charge in [-0.25, -0.2) is 18.7 Å². The number of hydrogen-bond acceptors (Lipinski definition) is 9. The van der Waals surface area contributed by atoms with E-state index in [2.05, 4.69) is 45.4 Å². The van der Waals surface area contributed by atoms with E-state index in [-0.39, 0.29) is 40.3 Å². The van der Waals surface area contributed by atoms with Gasteiger partial charge in [0.1, 0.15) is 23.5 Å². The number of ether oxygens (including phenoxy) is 2. The number of fused-ring (bicyclic) bond motifs is 2. The van der Waals surface area contributed by atoms with Crippen LogP contribution in [0.15, 0.2) is 53.6 Å². The zero-order valence-electron chi connectivity index (χ0n) is 39.1. The van der Waals surface area contributed by atoms with Gasteiger partial charge >= 0.3 is 11.8 Å². The van der Waals surface area contributed by atoms with Gasteiger partial charge in [-0.05, 0) is 134 Å². The highest BCUT2D eigenvalue weighted by atomic mass is 19.1. The second-order valence-electron chi connectivity index (χ2n) is 21.6. The van der Waals surface area contributed by atoms with Gasteiger partial charge in [0, 0.05) is 75.6 Å². The van der Waals surface area contributed by atoms with Crippen molar-refractivity contribution in [3.8, 4) is 11.5 Å². The molecule has 3 aliphatic heterocycles. The summed E-state index contributed by atoms with van der Waals surface area (Å²) in [6.07, 6.45) is 5.68. The number of rotatable bonds is 11. The highest BCUT2D eigenvalue weighted by Crippen LogP contribution is 3.06. The minimum Gasteiger partial charge on any atom is -0.383 e. The van der Waals surface area contributed by atoms with Crippen molar-refractivity contribution >= 4 is 28.8 Å². The molecule has 16 nitrogen and oxygen atoms in total. The van der Waals surface area contributed by atoms with E-state index in [1.165, 1.54) is 5.56 Å². The van der Waals surface area contributed by atoms with Gasteiger partial charge in [-0.1, -0.05) is 13.0 Å². The molecule has 68 heavy (non-hydrogen) atoms. The quantitative estimate of drug-likeness (QED) is 0.182. The molecule has 5 aromatic rings. The van der Waals surface area contributed by atoms with Crippen LogP contribution < -0.4 is 16.5 Å². The lowest BCUT2D eigenvalue weighted by Crippen LogP contribution is -3.17. The molecule has 2 N–H and O–H groups in total. The van der Waals surface area contributed by atoms with Crippen molar-refractivity contribution in [2.45, 2.75) is 95.0 Å². The number of methoxy groups -OCH3 is 1. The number of hydrogen-bond donors (Lipinski definition) is 2. The van der Waals surface area contributed by atoms with Crippen LogP contribution in [0, 0.1) is 61.1 Å². The van der Waals surface area contributed by atoms with Gasteiger partial charge in [0.15, 0.2) is 0 Å². The van der Waals surface area contributed by atoms with Gasteiger partial charge in [0.2, 0.25) is 5.91 Å². The zero-order valence-corrected chi connectivity index (χ0v) is 39.1. The Morgan fingerprint density at radius 2 is 1.69 bits per heavy atom. The maximum Gasteiger partial charge on any atom is 0.427 e. The van der Waals surface area contributed by atoms with E-state index in [9.17, 15) is 9.59 Å². The van der Waals surface area contributed by atoms with E-state index in [0.29, 0.717) is 116 Å². The first-order chi connectivity index (χ1) is 32.8. The van der Waals surface area contributed by atoms with E-state index < -0.39 is 23.8 Å². The van der Waals surface area contributed by atoms with Crippen LogP contribution in [-0.4, -0.2) is 103 Å². The van der Waals surface area contributed by atoms with Gasteiger partial charge < -0.3 is 28.7 Å². The zero-order chi connectivity index (χ0) is 46.7. The van der Waals surface area contributed by atoms with Crippen molar-refractivity contribution in [2.75, 3.05) is 40.0 Å². The van der Waals surface area contributed by atoms with Crippen LogP contribution in [0.2, 0.25) is 0 Å². The van der Waals surface area contributed by atoms with Crippen LogP contribution in [0.25, 0.3) is 22.4 Å². The minimum atomic E-state index is -0.676. The van der Waals surface area contributed by atoms with Crippen LogP contribution in [0.3, 0.4) is 0 Å². The normalized spacial score (nSPS) is 35.3. The van der Waals surface area contributed by atoms with E-state index in [0.717, 1.165) is 35.0 Å². The number of benzene rings is 2. The molecule has 15 rings (SSSR count). The molecule has 2 aromatic carbocycles. The van der Waals surface area contributed by atoms with Crippen molar-refractivity contribution in [1.29, 1.82) is 0 Å². The Bertz CT molecular complexity index is 3070. The maximum atomic E-state index is 15.6. The maximum absolute atomic E-state index is 15.6. The number of nitrogens with zero attached hydrogens (tertiary/aromatic N) is 7. The number of carbonyl (C=O) groups excluding carboxylic acids is 3. The number of imidazole rings is 1. The summed E-state index contributed by atoms with van der Waals surface area (Å²) in [5.41, 5.74) is 7.51. The fourth-order valence-corrected chi connectivity index (χ4v) is 16.5. The lowest BCUT2D eigenvalue weighted by Gasteiger charge is -3.11. The van der Waals surface area contributed by atoms with Crippen LogP contribution in [0.4, 0.5) is 9.18 Å². The number of nitrogens with one attached hydrogen (secondary N) is 2. The molecule has 7 saturated carbocycles. The summed E-state index contributed by atoms with van der Waals surface area (Å²) in [6.45, 7) is 12.2. The Balaban J connectivity index is 0.861. The predicted octanol–water partition coefficient (Wildman–Crippen LogP) is 5.19. The van der Waals surface area contributed by atoms with Crippen molar-refractivity contribution in [3.05, 3.63) is 98.7 Å². The Morgan fingerprint density at radius 1 is 0.985 bits per heavy atom. The summed E-state index contributed by atoms with van der Waals surface area (Å²) in [7, 11) is 1.67. The van der Waals surface area contributed by atoms with E-state index in [1.54, 1.807) is 49.3 Å². The van der Waals surface area contributed by atoms with Gasteiger partial charge in [-0.15, -0.1) is 5.48 Å². The highest BCUT2D eigenvalue weighted by molar-refractivity contribution is 6.00. The second kappa shape index (κ2) is 13.5. The standard InChI is InChI=1S/C51H56FN9O7/c1-24-19-32(20-25(2)43(24)52)61-44(57-13-14-59(48(57)65)51-40-37-41(51)39-42(51)38(40)50(37,39)58(28(5)62)15-18-66-6)36-27(4)56(12-9-33(36)54-61)45(63)35-22-31-21-30(29-10-16-67-17-11-29)7-8-34(31)60(35)49(23-26(49)3)46-53-47(64)68-55-46/h7-8,13-14,19-22,26-27,29,37-42,46,55H,9-12,15-18,23H2,1-6H3,(H,53,64)/t26-,27-,37?,38?,39?,40?,41?,42?,46?,49-,50?,51?/m0/s1. The molecule has 1 unspecified atom stereocenters. The number of hydroxylamine groups is 1. The van der Waals surface area contributed by atoms with Gasteiger partial charge in [0.25, 0.3) is 5.91 Å². The minimum absolute atomic E-state index is 0.0783. The van der Waals surface area contributed by atoms with Crippen molar-refractivity contribution < 1.29 is 33.1 Å². The molecular formula is C51H56FN9O7. The largest absolute Gasteiger partial charge is 0.427 e. The van der Waals surface area contributed by atoms with E-state index >= 15 is 14.0 Å². The lowest BCUT2D eigenvalue weighted by atomic mass is 8.95. The Morgan fingerprint density at radius 3 is 2.32 bits per heavy atom. The molecule has 17 heteroatoms. The van der Waals surface area contributed by atoms with Gasteiger partial charge in [-0.2, -0.15) is 5.10 Å². The molecule has 0 spiro atoms. The van der Waals surface area contributed by atoms with Crippen LogP contribution in [0.1, 0.15) is 90.4 Å². The molecule has 9 fully saturated rings. The summed E-state index contributed by atoms with van der Waals surface area (Å²) in [5.74, 6) is 2.89. The molecule has 10 aliphatic rings. The first-order valence-electron chi connectivity index (χ1n) is 24.6. The van der Waals surface area contributed by atoms with Crippen LogP contribution in [-0.2, 0) is 36.6 Å². The SMILES string of the molecule is COCCN(C(C)=O)C12C3C4C1C1C2C3C41n1ccn(-c2c3c(nn2-c2cc(C)c(F)c(C)c2)CCN(C(=O)c2cc4cc(C5CCOCC5)ccc4n2[C@@]2(C4NOC(=O)N4)C[C@@H]2C)[C@H]3C)c1=O. The summed E-state index contributed by atoms with van der Waals surface area (Å²) in [6, 6.07) is 11.5. The molecule has 0 bridgehead atoms. The third-order valence-corrected chi connectivity index (χ3v) is 19.2. The third-order valence-electron chi connectivity index (χ3n) is 19.2. The fourth-order valence-electron chi connectivity index (χ4n) is 16.5. The Labute approximate surface area is 391 Å². The average molecular weight is 926 g/mol. The average Bonchev–Trinajstić information content (AvgIpc) is 3.83. The smallest absolute Gasteiger partial charge is 0.383 e. The summed E-state index contributed by atoms with van der Waals surface area (Å²) in [5, 5.41) is 9.12. The molecule has 2 saturated heterocycles. The molecule has 3 aromatic heterocycles. The van der Waals surface area contributed by atoms with Crippen LogP contribution in [0.5, 0.6) is 0 Å². The summed E-state index contributed by atoms with van der Waals surface area (Å²) >= 11 is 0. The number of aromatic nitrogens is 5. The van der Waals surface area contributed by atoms with Crippen molar-refractivity contribution in [3.63, 3.8) is 0 Å². The number of aryl methyl sites for hydroxylation is 2. The first kappa shape index (κ1) is 41.2. The number of carbonyl (C=O) groups is 3. The third kappa shape index (κ3) is 4.56. The van der Waals surface area contributed by atoms with Crippen molar-refractivity contribution in [1.82, 2.24) is 44.1 Å². The lowest BCUT2D eigenvalue weighted by molar-refractivity contribution is -0.629. The van der Waals surface area contributed by atoms with Gasteiger partial charge in [-0.3, -0.25) is 24.0 Å². The molecule has 4 atom stereocenters. The predicted molar refractivity (Wildman–Crippen MR) is 244 cm³/mol. The highest BCUT2D eigenvalue weighted by Gasteiger charge is 3.12. The monoisotopic (exact) mass is 925 g/mol. The van der Waals surface area contributed by atoms with Crippen molar-refractivity contribution in [2.24, 2.45) is 41.4 Å². The molecule has 3 amide bonds.